The van der Waals surface area contributed by atoms with E-state index < -0.39 is 55.2 Å². The predicted molar refractivity (Wildman–Crippen MR) is 129 cm³/mol. The van der Waals surface area contributed by atoms with Crippen LogP contribution in [0.15, 0.2) is 42.5 Å². The number of hydrogen-bond donors (Lipinski definition) is 1. The summed E-state index contributed by atoms with van der Waals surface area (Å²) in [6.45, 7) is 1.96. The molecule has 0 aromatic heterocycles. The van der Waals surface area contributed by atoms with Gasteiger partial charge in [0.15, 0.2) is 15.6 Å². The van der Waals surface area contributed by atoms with Crippen molar-refractivity contribution < 1.29 is 36.2 Å². The molecule has 1 unspecified atom stereocenters. The van der Waals surface area contributed by atoms with Crippen molar-refractivity contribution in [1.29, 1.82) is 0 Å². The van der Waals surface area contributed by atoms with Crippen LogP contribution in [0.25, 0.3) is 0 Å². The van der Waals surface area contributed by atoms with Crippen molar-refractivity contribution in [3.05, 3.63) is 70.8 Å². The molecule has 10 heteroatoms. The number of ether oxygens (including phenoxy) is 3. The van der Waals surface area contributed by atoms with Crippen LogP contribution >= 0.6 is 0 Å². The molecule has 1 N–H and O–H groups in total. The molecular formula is C26H31F2NO6S. The summed E-state index contributed by atoms with van der Waals surface area (Å²) in [6.07, 6.45) is -0.313. The molecule has 2 aromatic rings. The molecule has 1 heterocycles. The Hall–Kier alpha value is -2.40. The average molecular weight is 524 g/mol. The van der Waals surface area contributed by atoms with Crippen LogP contribution in [-0.2, 0) is 40.7 Å². The summed E-state index contributed by atoms with van der Waals surface area (Å²) in [5.74, 6) is -3.44. The van der Waals surface area contributed by atoms with Gasteiger partial charge in [0.25, 0.3) is 0 Å². The van der Waals surface area contributed by atoms with Gasteiger partial charge in [-0.25, -0.2) is 17.2 Å². The first kappa shape index (κ1) is 26.7. The lowest BCUT2D eigenvalue weighted by Crippen LogP contribution is -2.61. The molecule has 2 aliphatic rings. The first-order chi connectivity index (χ1) is 17.0. The molecule has 36 heavy (non-hydrogen) atoms. The van der Waals surface area contributed by atoms with Gasteiger partial charge in [0.05, 0.1) is 17.6 Å². The smallest absolute Gasteiger partial charge is 0.316 e. The summed E-state index contributed by atoms with van der Waals surface area (Å²) in [5.41, 5.74) is -1.07. The van der Waals surface area contributed by atoms with Crippen LogP contribution in [0.5, 0.6) is 0 Å². The zero-order valence-corrected chi connectivity index (χ0v) is 21.5. The van der Waals surface area contributed by atoms with Crippen molar-refractivity contribution >= 4 is 15.8 Å². The molecule has 196 valence electrons. The molecule has 0 spiro atoms. The molecule has 0 radical (unpaired) electrons. The molecule has 1 aliphatic heterocycles. The fourth-order valence-corrected chi connectivity index (χ4v) is 7.88. The van der Waals surface area contributed by atoms with Gasteiger partial charge in [-0.05, 0) is 36.6 Å². The summed E-state index contributed by atoms with van der Waals surface area (Å²) in [5, 5.41) is 1.45. The Morgan fingerprint density at radius 1 is 1.06 bits per heavy atom. The topological polar surface area (TPSA) is 90.9 Å². The number of nitrogens with one attached hydrogen (secondary N) is 1. The van der Waals surface area contributed by atoms with E-state index >= 15 is 8.78 Å². The first-order valence-corrected chi connectivity index (χ1v) is 13.3. The second-order valence-corrected chi connectivity index (χ2v) is 12.0. The Balaban J connectivity index is 1.67. The van der Waals surface area contributed by atoms with Gasteiger partial charge in [-0.3, -0.25) is 4.79 Å². The third kappa shape index (κ3) is 4.34. The Morgan fingerprint density at radius 2 is 1.69 bits per heavy atom. The summed E-state index contributed by atoms with van der Waals surface area (Å²) < 4.78 is 73.5. The molecule has 2 aromatic carbocycles. The number of carbonyl (C=O) groups is 1. The first-order valence-electron chi connectivity index (χ1n) is 11.7. The van der Waals surface area contributed by atoms with Gasteiger partial charge in [-0.2, -0.15) is 0 Å². The molecule has 1 saturated carbocycles. The minimum atomic E-state index is -3.72. The second kappa shape index (κ2) is 9.81. The highest BCUT2D eigenvalue weighted by Crippen LogP contribution is 2.54. The largest absolute Gasteiger partial charge is 0.468 e. The average Bonchev–Trinajstić information content (AvgIpc) is 2.84. The van der Waals surface area contributed by atoms with Gasteiger partial charge in [0, 0.05) is 45.2 Å². The molecule has 2 fully saturated rings. The van der Waals surface area contributed by atoms with Crippen LogP contribution in [0.4, 0.5) is 8.78 Å². The molecule has 1 saturated heterocycles. The highest BCUT2D eigenvalue weighted by Gasteiger charge is 2.63. The third-order valence-corrected chi connectivity index (χ3v) is 10.4. The minimum absolute atomic E-state index is 0.0495. The van der Waals surface area contributed by atoms with E-state index in [0.717, 1.165) is 12.1 Å². The third-order valence-electron chi connectivity index (χ3n) is 7.71. The van der Waals surface area contributed by atoms with Gasteiger partial charge in [0.2, 0.25) is 0 Å². The number of rotatable bonds is 7. The van der Waals surface area contributed by atoms with E-state index in [4.69, 9.17) is 14.2 Å². The molecular weight excluding hydrogens is 492 g/mol. The standard InChI is InChI=1S/C26H31F2NO6S/c1-16-22(36(31,32)23(13-29-16)17-8-6-5-7-9-17)11-18-10-21(28)19(12-20(18)27)25(24(30)33-2)14-26(15-25,34-3)35-4/h5-10,12,16,22-23,29H,11,13-15H2,1-4H3/t16-,22?,23-/m0/s1. The number of sulfone groups is 1. The number of esters is 1. The SMILES string of the molecule is COC(=O)C1(c2cc(F)c(CC3[C@H](C)NC[C@@H](c4ccccc4)S3(=O)=O)cc2F)CC(OC)(OC)C1. The van der Waals surface area contributed by atoms with Gasteiger partial charge >= 0.3 is 5.97 Å². The fraction of sp³-hybridized carbons (Fsp3) is 0.500. The molecule has 4 rings (SSSR count). The quantitative estimate of drug-likeness (QED) is 0.440. The van der Waals surface area contributed by atoms with Crippen molar-refractivity contribution in [3.63, 3.8) is 0 Å². The fourth-order valence-electron chi connectivity index (χ4n) is 5.51. The van der Waals surface area contributed by atoms with Crippen LogP contribution in [0, 0.1) is 11.6 Å². The summed E-state index contributed by atoms with van der Waals surface area (Å²) in [7, 11) is 0.274. The number of methoxy groups -OCH3 is 3. The van der Waals surface area contributed by atoms with E-state index in [-0.39, 0.29) is 36.9 Å². The van der Waals surface area contributed by atoms with E-state index in [1.165, 1.54) is 21.3 Å². The Morgan fingerprint density at radius 3 is 2.28 bits per heavy atom. The molecule has 0 bridgehead atoms. The maximum absolute atomic E-state index is 15.5. The van der Waals surface area contributed by atoms with Crippen LogP contribution in [-0.4, -0.2) is 59.3 Å². The lowest BCUT2D eigenvalue weighted by atomic mass is 9.60. The highest BCUT2D eigenvalue weighted by atomic mass is 32.2. The lowest BCUT2D eigenvalue weighted by molar-refractivity contribution is -0.278. The zero-order chi connectivity index (χ0) is 26.3. The van der Waals surface area contributed by atoms with Crippen molar-refractivity contribution in [2.75, 3.05) is 27.9 Å². The van der Waals surface area contributed by atoms with Gasteiger partial charge in [0.1, 0.15) is 17.0 Å². The lowest BCUT2D eigenvalue weighted by Gasteiger charge is -2.52. The van der Waals surface area contributed by atoms with E-state index in [1.54, 1.807) is 37.3 Å². The van der Waals surface area contributed by atoms with Gasteiger partial charge in [-0.15, -0.1) is 0 Å². The number of benzene rings is 2. The number of hydrogen-bond acceptors (Lipinski definition) is 7. The van der Waals surface area contributed by atoms with E-state index in [9.17, 15) is 13.2 Å². The monoisotopic (exact) mass is 523 g/mol. The van der Waals surface area contributed by atoms with E-state index in [2.05, 4.69) is 5.32 Å². The van der Waals surface area contributed by atoms with Crippen molar-refractivity contribution in [2.45, 2.75) is 53.9 Å². The van der Waals surface area contributed by atoms with Crippen LogP contribution < -0.4 is 5.32 Å². The molecule has 7 nitrogen and oxygen atoms in total. The minimum Gasteiger partial charge on any atom is -0.468 e. The Bertz CT molecular complexity index is 1220. The second-order valence-electron chi connectivity index (χ2n) is 9.60. The van der Waals surface area contributed by atoms with Gasteiger partial charge in [-0.1, -0.05) is 30.3 Å². The van der Waals surface area contributed by atoms with E-state index in [0.29, 0.717) is 5.56 Å². The van der Waals surface area contributed by atoms with Crippen LogP contribution in [0.1, 0.15) is 41.7 Å². The Kier molecular flexibility index (Phi) is 7.27. The summed E-state index contributed by atoms with van der Waals surface area (Å²) in [4.78, 5) is 12.7. The summed E-state index contributed by atoms with van der Waals surface area (Å²) >= 11 is 0. The zero-order valence-electron chi connectivity index (χ0n) is 20.7. The normalized spacial score (nSPS) is 26.1. The Labute approximate surface area is 210 Å². The van der Waals surface area contributed by atoms with Gasteiger partial charge < -0.3 is 19.5 Å². The predicted octanol–water partition coefficient (Wildman–Crippen LogP) is 3.22. The van der Waals surface area contributed by atoms with Crippen LogP contribution in [0.2, 0.25) is 0 Å². The van der Waals surface area contributed by atoms with Crippen molar-refractivity contribution in [1.82, 2.24) is 5.32 Å². The number of carbonyl (C=O) groups excluding carboxylic acids is 1. The summed E-state index contributed by atoms with van der Waals surface area (Å²) in [6, 6.07) is 10.3. The molecule has 0 amide bonds. The van der Waals surface area contributed by atoms with Crippen molar-refractivity contribution in [2.24, 2.45) is 0 Å². The molecule has 3 atom stereocenters. The van der Waals surface area contributed by atoms with Crippen molar-refractivity contribution in [3.8, 4) is 0 Å². The van der Waals surface area contributed by atoms with E-state index in [1.807, 2.05) is 0 Å². The van der Waals surface area contributed by atoms with Crippen LogP contribution in [0.3, 0.4) is 0 Å². The molecule has 1 aliphatic carbocycles. The maximum Gasteiger partial charge on any atom is 0.316 e. The highest BCUT2D eigenvalue weighted by molar-refractivity contribution is 7.92. The maximum atomic E-state index is 15.5. The number of halogens is 2.